The van der Waals surface area contributed by atoms with Crippen LogP contribution in [0.4, 0.5) is 5.82 Å². The van der Waals surface area contributed by atoms with Crippen LogP contribution in [0.15, 0.2) is 4.47 Å². The van der Waals surface area contributed by atoms with E-state index in [0.717, 1.165) is 16.6 Å². The van der Waals surface area contributed by atoms with Crippen molar-refractivity contribution in [2.24, 2.45) is 5.41 Å². The number of aromatic nitrogens is 2. The second-order valence-electron chi connectivity index (χ2n) is 6.47. The quantitative estimate of drug-likeness (QED) is 0.858. The SMILES string of the molecule is CC(C)(C)Cc1nn(C(C)(C)C)c(N)c1Br. The third-order valence-electron chi connectivity index (χ3n) is 2.26. The summed E-state index contributed by atoms with van der Waals surface area (Å²) in [6, 6.07) is 0. The van der Waals surface area contributed by atoms with Gasteiger partial charge in [0.2, 0.25) is 0 Å². The Bertz CT molecular complexity index is 380. The van der Waals surface area contributed by atoms with Gasteiger partial charge in [-0.25, -0.2) is 4.68 Å². The van der Waals surface area contributed by atoms with Crippen LogP contribution in [0.2, 0.25) is 0 Å². The third-order valence-corrected chi connectivity index (χ3v) is 3.12. The molecule has 92 valence electrons. The molecule has 4 heteroatoms. The van der Waals surface area contributed by atoms with E-state index in [4.69, 9.17) is 5.73 Å². The third kappa shape index (κ3) is 3.00. The number of rotatable bonds is 1. The molecule has 0 spiro atoms. The van der Waals surface area contributed by atoms with Crippen LogP contribution >= 0.6 is 15.9 Å². The Morgan fingerprint density at radius 1 is 1.19 bits per heavy atom. The lowest BCUT2D eigenvalue weighted by Gasteiger charge is -2.21. The van der Waals surface area contributed by atoms with E-state index in [0.29, 0.717) is 5.82 Å². The largest absolute Gasteiger partial charge is 0.383 e. The minimum absolute atomic E-state index is 0.0806. The topological polar surface area (TPSA) is 43.8 Å². The predicted molar refractivity (Wildman–Crippen MR) is 72.5 cm³/mol. The number of anilines is 1. The fourth-order valence-corrected chi connectivity index (χ4v) is 1.97. The van der Waals surface area contributed by atoms with Gasteiger partial charge in [-0.3, -0.25) is 0 Å². The lowest BCUT2D eigenvalue weighted by atomic mass is 9.91. The number of halogens is 1. The van der Waals surface area contributed by atoms with Gasteiger partial charge in [-0.05, 0) is 48.5 Å². The fraction of sp³-hybridized carbons (Fsp3) is 0.750. The maximum absolute atomic E-state index is 6.06. The summed E-state index contributed by atoms with van der Waals surface area (Å²) in [5.74, 6) is 0.715. The number of nitrogens with two attached hydrogens (primary N) is 1. The Morgan fingerprint density at radius 2 is 1.69 bits per heavy atom. The highest BCUT2D eigenvalue weighted by Crippen LogP contribution is 2.32. The number of nitrogen functional groups attached to an aromatic ring is 1. The average Bonchev–Trinajstić information content (AvgIpc) is 2.28. The fourth-order valence-electron chi connectivity index (χ4n) is 1.59. The molecule has 1 aromatic rings. The molecule has 0 aliphatic carbocycles. The molecule has 0 amide bonds. The normalized spacial score (nSPS) is 13.2. The molecule has 0 radical (unpaired) electrons. The first kappa shape index (κ1) is 13.6. The second kappa shape index (κ2) is 4.06. The standard InChI is InChI=1S/C12H22BrN3/c1-11(2,3)7-8-9(13)10(14)16(15-8)12(4,5)6/h7,14H2,1-6H3. The van der Waals surface area contributed by atoms with Crippen LogP contribution in [-0.4, -0.2) is 9.78 Å². The van der Waals surface area contributed by atoms with Crippen LogP contribution in [0, 0.1) is 5.41 Å². The highest BCUT2D eigenvalue weighted by Gasteiger charge is 2.24. The van der Waals surface area contributed by atoms with Gasteiger partial charge in [0.25, 0.3) is 0 Å². The van der Waals surface area contributed by atoms with Crippen LogP contribution in [0.3, 0.4) is 0 Å². The van der Waals surface area contributed by atoms with E-state index in [-0.39, 0.29) is 11.0 Å². The first-order valence-corrected chi connectivity index (χ1v) is 6.35. The van der Waals surface area contributed by atoms with Crippen LogP contribution in [0.25, 0.3) is 0 Å². The van der Waals surface area contributed by atoms with Crippen LogP contribution in [0.1, 0.15) is 47.2 Å². The molecule has 0 bridgehead atoms. The van der Waals surface area contributed by atoms with Gasteiger partial charge in [-0.2, -0.15) is 5.10 Å². The van der Waals surface area contributed by atoms with E-state index >= 15 is 0 Å². The molecule has 1 aromatic heterocycles. The van der Waals surface area contributed by atoms with Gasteiger partial charge in [0.05, 0.1) is 15.7 Å². The molecule has 0 unspecified atom stereocenters. The van der Waals surface area contributed by atoms with Crippen molar-refractivity contribution in [1.29, 1.82) is 0 Å². The van der Waals surface area contributed by atoms with Crippen molar-refractivity contribution in [3.8, 4) is 0 Å². The van der Waals surface area contributed by atoms with Crippen molar-refractivity contribution < 1.29 is 0 Å². The minimum atomic E-state index is -0.0806. The van der Waals surface area contributed by atoms with E-state index in [1.54, 1.807) is 0 Å². The molecular weight excluding hydrogens is 266 g/mol. The Morgan fingerprint density at radius 3 is 2.00 bits per heavy atom. The lowest BCUT2D eigenvalue weighted by Crippen LogP contribution is -2.25. The van der Waals surface area contributed by atoms with Crippen molar-refractivity contribution in [3.63, 3.8) is 0 Å². The molecule has 1 rings (SSSR count). The Hall–Kier alpha value is -0.510. The molecule has 0 aromatic carbocycles. The van der Waals surface area contributed by atoms with Crippen molar-refractivity contribution >= 4 is 21.7 Å². The Balaban J connectivity index is 3.16. The maximum Gasteiger partial charge on any atom is 0.136 e. The van der Waals surface area contributed by atoms with E-state index in [2.05, 4.69) is 62.6 Å². The summed E-state index contributed by atoms with van der Waals surface area (Å²) in [4.78, 5) is 0. The number of nitrogens with zero attached hydrogens (tertiary/aromatic N) is 2. The zero-order chi connectivity index (χ0) is 12.7. The zero-order valence-corrected chi connectivity index (χ0v) is 12.6. The van der Waals surface area contributed by atoms with E-state index < -0.39 is 0 Å². The molecular formula is C12H22BrN3. The van der Waals surface area contributed by atoms with Crippen molar-refractivity contribution in [3.05, 3.63) is 10.2 Å². The van der Waals surface area contributed by atoms with E-state index in [1.165, 1.54) is 0 Å². The highest BCUT2D eigenvalue weighted by molar-refractivity contribution is 9.10. The summed E-state index contributed by atoms with van der Waals surface area (Å²) in [6.07, 6.45) is 0.918. The van der Waals surface area contributed by atoms with E-state index in [9.17, 15) is 0 Å². The Labute approximate surface area is 107 Å². The zero-order valence-electron chi connectivity index (χ0n) is 11.1. The summed E-state index contributed by atoms with van der Waals surface area (Å²) in [5, 5.41) is 4.61. The van der Waals surface area contributed by atoms with E-state index in [1.807, 2.05) is 4.68 Å². The summed E-state index contributed by atoms with van der Waals surface area (Å²) in [6.45, 7) is 12.9. The van der Waals surface area contributed by atoms with Gasteiger partial charge >= 0.3 is 0 Å². The summed E-state index contributed by atoms with van der Waals surface area (Å²) in [5.41, 5.74) is 7.24. The summed E-state index contributed by atoms with van der Waals surface area (Å²) in [7, 11) is 0. The monoisotopic (exact) mass is 287 g/mol. The van der Waals surface area contributed by atoms with Gasteiger partial charge in [0.1, 0.15) is 5.82 Å². The average molecular weight is 288 g/mol. The van der Waals surface area contributed by atoms with Crippen LogP contribution in [-0.2, 0) is 12.0 Å². The lowest BCUT2D eigenvalue weighted by molar-refractivity contribution is 0.350. The van der Waals surface area contributed by atoms with Gasteiger partial charge in [0, 0.05) is 0 Å². The van der Waals surface area contributed by atoms with Crippen molar-refractivity contribution in [2.45, 2.75) is 53.5 Å². The van der Waals surface area contributed by atoms with Crippen molar-refractivity contribution in [1.82, 2.24) is 9.78 Å². The predicted octanol–water partition coefficient (Wildman–Crippen LogP) is 3.57. The molecule has 0 saturated carbocycles. The molecule has 0 aliphatic heterocycles. The molecule has 2 N–H and O–H groups in total. The minimum Gasteiger partial charge on any atom is -0.383 e. The number of hydrogen-bond donors (Lipinski definition) is 1. The van der Waals surface area contributed by atoms with Crippen LogP contribution in [0.5, 0.6) is 0 Å². The summed E-state index contributed by atoms with van der Waals surface area (Å²) >= 11 is 3.54. The van der Waals surface area contributed by atoms with Gasteiger partial charge in [-0.15, -0.1) is 0 Å². The molecule has 3 nitrogen and oxygen atoms in total. The van der Waals surface area contributed by atoms with Crippen LogP contribution < -0.4 is 5.73 Å². The van der Waals surface area contributed by atoms with Gasteiger partial charge < -0.3 is 5.73 Å². The Kier molecular flexibility index (Phi) is 3.44. The second-order valence-corrected chi connectivity index (χ2v) is 7.26. The molecule has 16 heavy (non-hydrogen) atoms. The van der Waals surface area contributed by atoms with Gasteiger partial charge in [0.15, 0.2) is 0 Å². The molecule has 1 heterocycles. The van der Waals surface area contributed by atoms with Crippen molar-refractivity contribution in [2.75, 3.05) is 5.73 Å². The molecule has 0 saturated heterocycles. The smallest absolute Gasteiger partial charge is 0.136 e. The van der Waals surface area contributed by atoms with Gasteiger partial charge in [-0.1, -0.05) is 20.8 Å². The first-order valence-electron chi connectivity index (χ1n) is 5.56. The molecule has 0 aliphatic rings. The highest BCUT2D eigenvalue weighted by atomic mass is 79.9. The summed E-state index contributed by atoms with van der Waals surface area (Å²) < 4.78 is 2.83. The first-order chi connectivity index (χ1) is 7.02. The maximum atomic E-state index is 6.06. The number of hydrogen-bond acceptors (Lipinski definition) is 2. The molecule has 0 fully saturated rings. The molecule has 0 atom stereocenters.